The molecule has 1 aromatic heterocycles. The van der Waals surface area contributed by atoms with Gasteiger partial charge in [-0.25, -0.2) is 0 Å². The lowest BCUT2D eigenvalue weighted by Gasteiger charge is -2.39. The summed E-state index contributed by atoms with van der Waals surface area (Å²) in [4.78, 5) is 14.6. The normalized spacial score (nSPS) is 32.4. The number of morpholine rings is 1. The van der Waals surface area contributed by atoms with Crippen molar-refractivity contribution >= 4 is 5.91 Å². The second kappa shape index (κ2) is 5.66. The second-order valence-corrected chi connectivity index (χ2v) is 6.69. The smallest absolute Gasteiger partial charge is 0.292 e. The third-order valence-corrected chi connectivity index (χ3v) is 5.19. The molecule has 0 unspecified atom stereocenters. The fourth-order valence-electron chi connectivity index (χ4n) is 3.75. The van der Waals surface area contributed by atoms with Gasteiger partial charge in [0.1, 0.15) is 0 Å². The summed E-state index contributed by atoms with van der Waals surface area (Å²) in [5, 5.41) is 14.2. The molecule has 3 aliphatic rings. The second-order valence-electron chi connectivity index (χ2n) is 6.69. The summed E-state index contributed by atoms with van der Waals surface area (Å²) in [6.45, 7) is 1.58. The summed E-state index contributed by atoms with van der Waals surface area (Å²) in [5.41, 5.74) is 0.897. The first-order valence-corrected chi connectivity index (χ1v) is 8.27. The van der Waals surface area contributed by atoms with Crippen LogP contribution in [0.5, 0.6) is 0 Å². The molecule has 3 fully saturated rings. The first-order valence-electron chi connectivity index (χ1n) is 8.27. The van der Waals surface area contributed by atoms with Gasteiger partial charge in [-0.15, -0.1) is 0 Å². The molecule has 0 spiro atoms. The highest BCUT2D eigenvalue weighted by atomic mass is 16.5. The number of carbonyl (C=O) groups is 1. The minimum Gasteiger partial charge on any atom is -0.393 e. The van der Waals surface area contributed by atoms with E-state index in [1.165, 1.54) is 0 Å². The molecule has 2 heterocycles. The number of aliphatic hydroxyl groups excluding tert-OH is 1. The van der Waals surface area contributed by atoms with Crippen LogP contribution in [0.4, 0.5) is 0 Å². The number of aliphatic hydroxyl groups is 1. The molecule has 0 bridgehead atoms. The topological polar surface area (TPSA) is 75.8 Å². The molecule has 0 radical (unpaired) electrons. The Bertz CT molecular complexity index is 554. The van der Waals surface area contributed by atoms with E-state index in [1.54, 1.807) is 6.07 Å². The molecule has 1 aromatic rings. The number of hydrogen-bond acceptors (Lipinski definition) is 5. The fraction of sp³-hybridized carbons (Fsp3) is 0.750. The zero-order valence-electron chi connectivity index (χ0n) is 12.6. The van der Waals surface area contributed by atoms with Gasteiger partial charge in [-0.1, -0.05) is 11.6 Å². The van der Waals surface area contributed by atoms with E-state index < -0.39 is 0 Å². The minimum absolute atomic E-state index is 0.0618. The van der Waals surface area contributed by atoms with Crippen LogP contribution in [0.15, 0.2) is 10.6 Å². The van der Waals surface area contributed by atoms with Crippen LogP contribution < -0.4 is 0 Å². The van der Waals surface area contributed by atoms with Crippen LogP contribution in [0.2, 0.25) is 0 Å². The van der Waals surface area contributed by atoms with Gasteiger partial charge in [0, 0.05) is 24.4 Å². The van der Waals surface area contributed by atoms with E-state index in [-0.39, 0.29) is 24.0 Å². The maximum Gasteiger partial charge on any atom is 0.292 e. The molecule has 2 saturated carbocycles. The monoisotopic (exact) mass is 306 g/mol. The van der Waals surface area contributed by atoms with Gasteiger partial charge >= 0.3 is 0 Å². The molecule has 1 aliphatic heterocycles. The maximum absolute atomic E-state index is 12.8. The van der Waals surface area contributed by atoms with Crippen molar-refractivity contribution in [1.82, 2.24) is 10.1 Å². The summed E-state index contributed by atoms with van der Waals surface area (Å²) in [6, 6.07) is 1.73. The van der Waals surface area contributed by atoms with E-state index in [1.807, 2.05) is 4.90 Å². The summed E-state index contributed by atoms with van der Waals surface area (Å²) in [6.07, 6.45) is 4.71. The first-order chi connectivity index (χ1) is 10.7. The van der Waals surface area contributed by atoms with E-state index in [0.29, 0.717) is 31.4 Å². The molecule has 1 amide bonds. The molecule has 6 heteroatoms. The van der Waals surface area contributed by atoms with Crippen LogP contribution >= 0.6 is 0 Å². The van der Waals surface area contributed by atoms with Crippen molar-refractivity contribution < 1.29 is 19.2 Å². The highest BCUT2D eigenvalue weighted by Crippen LogP contribution is 2.39. The zero-order chi connectivity index (χ0) is 15.1. The van der Waals surface area contributed by atoms with Crippen molar-refractivity contribution in [3.05, 3.63) is 17.5 Å². The molecule has 1 N–H and O–H groups in total. The third kappa shape index (κ3) is 2.54. The molecule has 22 heavy (non-hydrogen) atoms. The van der Waals surface area contributed by atoms with Gasteiger partial charge in [-0.2, -0.15) is 0 Å². The van der Waals surface area contributed by atoms with Gasteiger partial charge in [0.15, 0.2) is 0 Å². The number of amides is 1. The largest absolute Gasteiger partial charge is 0.393 e. The Kier molecular flexibility index (Phi) is 3.66. The van der Waals surface area contributed by atoms with E-state index in [9.17, 15) is 9.90 Å². The van der Waals surface area contributed by atoms with Crippen LogP contribution in [-0.2, 0) is 4.74 Å². The summed E-state index contributed by atoms with van der Waals surface area (Å²) in [7, 11) is 0. The van der Waals surface area contributed by atoms with Gasteiger partial charge in [-0.3, -0.25) is 4.79 Å². The Morgan fingerprint density at radius 1 is 1.32 bits per heavy atom. The van der Waals surface area contributed by atoms with Crippen LogP contribution in [0.3, 0.4) is 0 Å². The lowest BCUT2D eigenvalue weighted by Crippen LogP contribution is -2.53. The Labute approximate surface area is 129 Å². The van der Waals surface area contributed by atoms with Crippen molar-refractivity contribution in [2.75, 3.05) is 19.8 Å². The van der Waals surface area contributed by atoms with Crippen LogP contribution in [-0.4, -0.2) is 53.0 Å². The molecule has 120 valence electrons. The van der Waals surface area contributed by atoms with Crippen LogP contribution in [0.25, 0.3) is 0 Å². The molecule has 4 rings (SSSR count). The molecular weight excluding hydrogens is 284 g/mol. The van der Waals surface area contributed by atoms with E-state index >= 15 is 0 Å². The number of hydrogen-bond donors (Lipinski definition) is 1. The van der Waals surface area contributed by atoms with Crippen molar-refractivity contribution in [2.24, 2.45) is 5.92 Å². The molecule has 3 atom stereocenters. The minimum atomic E-state index is -0.334. The molecule has 2 aliphatic carbocycles. The maximum atomic E-state index is 12.8. The molecule has 0 aromatic carbocycles. The van der Waals surface area contributed by atoms with Crippen molar-refractivity contribution in [2.45, 2.75) is 50.2 Å². The molecule has 1 saturated heterocycles. The van der Waals surface area contributed by atoms with E-state index in [0.717, 1.165) is 37.8 Å². The predicted octanol–water partition coefficient (Wildman–Crippen LogP) is 1.55. The number of rotatable bonds is 3. The number of aromatic nitrogens is 1. The van der Waals surface area contributed by atoms with Crippen LogP contribution in [0, 0.1) is 5.92 Å². The Morgan fingerprint density at radius 3 is 2.91 bits per heavy atom. The lowest BCUT2D eigenvalue weighted by atomic mass is 9.94. The Morgan fingerprint density at radius 2 is 2.18 bits per heavy atom. The summed E-state index contributed by atoms with van der Waals surface area (Å²) >= 11 is 0. The Hall–Kier alpha value is -1.40. The summed E-state index contributed by atoms with van der Waals surface area (Å²) in [5.74, 6) is 0.783. The van der Waals surface area contributed by atoms with Gasteiger partial charge in [0.25, 0.3) is 5.91 Å². The standard InChI is InChI=1S/C16H22N2O4/c19-14-3-1-2-11(14)13-9-21-7-6-18(13)16(20)15-8-12(17-22-15)10-4-5-10/h8,10-11,13-14,19H,1-7,9H2/t11-,13-,14+/m1/s1. The summed E-state index contributed by atoms with van der Waals surface area (Å²) < 4.78 is 10.8. The highest BCUT2D eigenvalue weighted by Gasteiger charge is 2.40. The van der Waals surface area contributed by atoms with Gasteiger partial charge in [0.05, 0.1) is 31.1 Å². The predicted molar refractivity (Wildman–Crippen MR) is 77.5 cm³/mol. The van der Waals surface area contributed by atoms with Gasteiger partial charge in [-0.05, 0) is 25.7 Å². The average Bonchev–Trinajstić information content (AvgIpc) is 3.11. The zero-order valence-corrected chi connectivity index (χ0v) is 12.6. The third-order valence-electron chi connectivity index (χ3n) is 5.19. The average molecular weight is 306 g/mol. The van der Waals surface area contributed by atoms with Gasteiger partial charge < -0.3 is 19.3 Å². The number of carbonyl (C=O) groups excluding carboxylic acids is 1. The van der Waals surface area contributed by atoms with Crippen molar-refractivity contribution in [1.29, 1.82) is 0 Å². The lowest BCUT2D eigenvalue weighted by molar-refractivity contribution is -0.0396. The van der Waals surface area contributed by atoms with Gasteiger partial charge in [0.2, 0.25) is 5.76 Å². The number of nitrogens with zero attached hydrogens (tertiary/aromatic N) is 2. The molecule has 6 nitrogen and oxygen atoms in total. The van der Waals surface area contributed by atoms with E-state index in [4.69, 9.17) is 9.26 Å². The highest BCUT2D eigenvalue weighted by molar-refractivity contribution is 5.91. The van der Waals surface area contributed by atoms with Crippen LogP contribution in [0.1, 0.15) is 54.3 Å². The Balaban J connectivity index is 1.53. The molecular formula is C16H22N2O4. The fourth-order valence-corrected chi connectivity index (χ4v) is 3.75. The first kappa shape index (κ1) is 14.2. The quantitative estimate of drug-likeness (QED) is 0.917. The number of ether oxygens (including phenoxy) is 1. The SMILES string of the molecule is O=C(c1cc(C2CC2)no1)N1CCOC[C@@H]1[C@H]1CCC[C@@H]1O. The van der Waals surface area contributed by atoms with Crippen molar-refractivity contribution in [3.63, 3.8) is 0 Å². The van der Waals surface area contributed by atoms with E-state index in [2.05, 4.69) is 5.16 Å². The van der Waals surface area contributed by atoms with Crippen molar-refractivity contribution in [3.8, 4) is 0 Å².